The number of halogens is 1. The number of hydrogen-bond donors (Lipinski definition) is 1. The van der Waals surface area contributed by atoms with Gasteiger partial charge in [0.25, 0.3) is 0 Å². The lowest BCUT2D eigenvalue weighted by atomic mass is 9.93. The first-order valence-corrected chi connectivity index (χ1v) is 6.97. The molecule has 0 spiro atoms. The molecule has 0 aliphatic heterocycles. The number of hydrogen-bond acceptors (Lipinski definition) is 1. The van der Waals surface area contributed by atoms with Gasteiger partial charge >= 0.3 is 5.97 Å². The number of carboxylic acid groups (broad SMARTS) is 1. The van der Waals surface area contributed by atoms with Gasteiger partial charge in [-0.3, -0.25) is 0 Å². The molecule has 0 aliphatic carbocycles. The molecule has 3 aromatic carbocycles. The second kappa shape index (κ2) is 5.23. The fourth-order valence-electron chi connectivity index (χ4n) is 2.59. The topological polar surface area (TPSA) is 37.3 Å². The summed E-state index contributed by atoms with van der Waals surface area (Å²) in [6.07, 6.45) is 0. The number of carbonyl (C=O) groups is 1. The van der Waals surface area contributed by atoms with E-state index in [0.29, 0.717) is 5.02 Å². The van der Waals surface area contributed by atoms with Crippen LogP contribution in [0, 0.1) is 6.92 Å². The molecule has 0 saturated heterocycles. The SMILES string of the molecule is Cc1ccc2ccccc2c1-c1cc(C(=O)O)ccc1Cl. The van der Waals surface area contributed by atoms with E-state index in [4.69, 9.17) is 11.6 Å². The highest BCUT2D eigenvalue weighted by molar-refractivity contribution is 6.34. The third-order valence-corrected chi connectivity index (χ3v) is 3.95. The molecule has 104 valence electrons. The molecule has 0 fully saturated rings. The second-order valence-corrected chi connectivity index (χ2v) is 5.39. The molecule has 2 nitrogen and oxygen atoms in total. The quantitative estimate of drug-likeness (QED) is 0.708. The fourth-order valence-corrected chi connectivity index (χ4v) is 2.80. The van der Waals surface area contributed by atoms with Crippen LogP contribution in [0.2, 0.25) is 5.02 Å². The van der Waals surface area contributed by atoms with Crippen molar-refractivity contribution >= 4 is 28.3 Å². The average Bonchev–Trinajstić information content (AvgIpc) is 2.48. The monoisotopic (exact) mass is 296 g/mol. The van der Waals surface area contributed by atoms with Crippen molar-refractivity contribution in [1.82, 2.24) is 0 Å². The third kappa shape index (κ3) is 2.39. The van der Waals surface area contributed by atoms with Crippen molar-refractivity contribution in [3.63, 3.8) is 0 Å². The lowest BCUT2D eigenvalue weighted by molar-refractivity contribution is 0.0697. The summed E-state index contributed by atoms with van der Waals surface area (Å²) in [4.78, 5) is 11.2. The van der Waals surface area contributed by atoms with E-state index in [9.17, 15) is 9.90 Å². The summed E-state index contributed by atoms with van der Waals surface area (Å²) >= 11 is 6.31. The van der Waals surface area contributed by atoms with Crippen molar-refractivity contribution in [2.45, 2.75) is 6.92 Å². The van der Waals surface area contributed by atoms with Crippen molar-refractivity contribution in [2.24, 2.45) is 0 Å². The van der Waals surface area contributed by atoms with E-state index < -0.39 is 5.97 Å². The van der Waals surface area contributed by atoms with E-state index in [1.165, 1.54) is 6.07 Å². The molecule has 0 radical (unpaired) electrons. The van der Waals surface area contributed by atoms with Crippen molar-refractivity contribution in [2.75, 3.05) is 0 Å². The summed E-state index contributed by atoms with van der Waals surface area (Å²) < 4.78 is 0. The van der Waals surface area contributed by atoms with Crippen molar-refractivity contribution in [3.05, 3.63) is 70.7 Å². The standard InChI is InChI=1S/C18H13ClO2/c1-11-6-7-12-4-2-3-5-14(12)17(11)15-10-13(18(20)21)8-9-16(15)19/h2-10H,1H3,(H,20,21). The van der Waals surface area contributed by atoms with Crippen LogP contribution in [-0.2, 0) is 0 Å². The number of fused-ring (bicyclic) bond motifs is 1. The molecule has 3 aromatic rings. The van der Waals surface area contributed by atoms with Crippen LogP contribution in [-0.4, -0.2) is 11.1 Å². The first-order valence-electron chi connectivity index (χ1n) is 6.59. The Balaban J connectivity index is 2.37. The van der Waals surface area contributed by atoms with E-state index in [-0.39, 0.29) is 5.56 Å². The Morgan fingerprint density at radius 3 is 2.57 bits per heavy atom. The van der Waals surface area contributed by atoms with Gasteiger partial charge in [0.15, 0.2) is 0 Å². The van der Waals surface area contributed by atoms with Gasteiger partial charge in [-0.1, -0.05) is 48.0 Å². The molecule has 0 aliphatic rings. The zero-order valence-corrected chi connectivity index (χ0v) is 12.2. The van der Waals surface area contributed by atoms with Gasteiger partial charge in [-0.05, 0) is 47.0 Å². The first kappa shape index (κ1) is 13.7. The van der Waals surface area contributed by atoms with Gasteiger partial charge in [0, 0.05) is 10.6 Å². The largest absolute Gasteiger partial charge is 0.478 e. The van der Waals surface area contributed by atoms with Crippen LogP contribution in [0.25, 0.3) is 21.9 Å². The molecular formula is C18H13ClO2. The average molecular weight is 297 g/mol. The predicted octanol–water partition coefficient (Wildman–Crippen LogP) is 5.17. The summed E-state index contributed by atoms with van der Waals surface area (Å²) in [5, 5.41) is 11.9. The molecular weight excluding hydrogens is 284 g/mol. The highest BCUT2D eigenvalue weighted by atomic mass is 35.5. The molecule has 3 rings (SSSR count). The molecule has 0 bridgehead atoms. The Bertz CT molecular complexity index is 853. The van der Waals surface area contributed by atoms with E-state index >= 15 is 0 Å². The van der Waals surface area contributed by atoms with Gasteiger partial charge in [0.1, 0.15) is 0 Å². The maximum atomic E-state index is 11.2. The maximum absolute atomic E-state index is 11.2. The molecule has 0 unspecified atom stereocenters. The van der Waals surface area contributed by atoms with Crippen LogP contribution in [0.1, 0.15) is 15.9 Å². The van der Waals surface area contributed by atoms with E-state index in [1.54, 1.807) is 12.1 Å². The van der Waals surface area contributed by atoms with Gasteiger partial charge in [0.2, 0.25) is 0 Å². The number of benzene rings is 3. The van der Waals surface area contributed by atoms with Gasteiger partial charge in [0.05, 0.1) is 5.56 Å². The predicted molar refractivity (Wildman–Crippen MR) is 86.1 cm³/mol. The first-order chi connectivity index (χ1) is 10.1. The zero-order chi connectivity index (χ0) is 15.0. The summed E-state index contributed by atoms with van der Waals surface area (Å²) in [6.45, 7) is 2.01. The summed E-state index contributed by atoms with van der Waals surface area (Å²) in [6, 6.07) is 16.9. The van der Waals surface area contributed by atoms with Crippen molar-refractivity contribution < 1.29 is 9.90 Å². The summed E-state index contributed by atoms with van der Waals surface area (Å²) in [5.41, 5.74) is 3.05. The second-order valence-electron chi connectivity index (χ2n) is 4.98. The van der Waals surface area contributed by atoms with Crippen molar-refractivity contribution in [1.29, 1.82) is 0 Å². The molecule has 0 atom stereocenters. The Morgan fingerprint density at radius 1 is 1.05 bits per heavy atom. The zero-order valence-electron chi connectivity index (χ0n) is 11.4. The molecule has 21 heavy (non-hydrogen) atoms. The molecule has 0 aromatic heterocycles. The van der Waals surface area contributed by atoms with Crippen LogP contribution in [0.5, 0.6) is 0 Å². The van der Waals surface area contributed by atoms with Crippen LogP contribution in [0.15, 0.2) is 54.6 Å². The van der Waals surface area contributed by atoms with Gasteiger partial charge in [-0.2, -0.15) is 0 Å². The van der Waals surface area contributed by atoms with Gasteiger partial charge < -0.3 is 5.11 Å². The highest BCUT2D eigenvalue weighted by Gasteiger charge is 2.13. The Hall–Kier alpha value is -2.32. The lowest BCUT2D eigenvalue weighted by Crippen LogP contribution is -1.97. The normalized spacial score (nSPS) is 10.8. The minimum absolute atomic E-state index is 0.238. The van der Waals surface area contributed by atoms with E-state index in [2.05, 4.69) is 6.07 Å². The molecule has 0 saturated carbocycles. The summed E-state index contributed by atoms with van der Waals surface area (Å²) in [5.74, 6) is -0.953. The Morgan fingerprint density at radius 2 is 1.81 bits per heavy atom. The highest BCUT2D eigenvalue weighted by Crippen LogP contribution is 2.36. The fraction of sp³-hybridized carbons (Fsp3) is 0.0556. The smallest absolute Gasteiger partial charge is 0.335 e. The van der Waals surface area contributed by atoms with Crippen molar-refractivity contribution in [3.8, 4) is 11.1 Å². The summed E-state index contributed by atoms with van der Waals surface area (Å²) in [7, 11) is 0. The minimum Gasteiger partial charge on any atom is -0.478 e. The number of aromatic carboxylic acids is 1. The number of carboxylic acids is 1. The maximum Gasteiger partial charge on any atom is 0.335 e. The van der Waals surface area contributed by atoms with Gasteiger partial charge in [-0.15, -0.1) is 0 Å². The Labute approximate surface area is 127 Å². The van der Waals surface area contributed by atoms with E-state index in [1.807, 2.05) is 37.3 Å². The van der Waals surface area contributed by atoms with Crippen LogP contribution >= 0.6 is 11.6 Å². The lowest BCUT2D eigenvalue weighted by Gasteiger charge is -2.13. The molecule has 0 heterocycles. The molecule has 3 heteroatoms. The van der Waals surface area contributed by atoms with Crippen LogP contribution in [0.4, 0.5) is 0 Å². The number of rotatable bonds is 2. The third-order valence-electron chi connectivity index (χ3n) is 3.62. The Kier molecular flexibility index (Phi) is 3.40. The molecule has 0 amide bonds. The van der Waals surface area contributed by atoms with E-state index in [0.717, 1.165) is 27.5 Å². The van der Waals surface area contributed by atoms with Crippen LogP contribution in [0.3, 0.4) is 0 Å². The minimum atomic E-state index is -0.953. The molecule has 1 N–H and O–H groups in total. The van der Waals surface area contributed by atoms with Crippen LogP contribution < -0.4 is 0 Å². The number of aryl methyl sites for hydroxylation is 1. The van der Waals surface area contributed by atoms with Gasteiger partial charge in [-0.25, -0.2) is 4.79 Å².